The molecule has 2 heterocycles. The highest BCUT2D eigenvalue weighted by Gasteiger charge is 2.30. The van der Waals surface area contributed by atoms with Crippen LogP contribution in [0.1, 0.15) is 88.0 Å². The first kappa shape index (κ1) is 31.1. The van der Waals surface area contributed by atoms with E-state index in [9.17, 15) is 13.2 Å². The van der Waals surface area contributed by atoms with Gasteiger partial charge in [0.05, 0.1) is 37.0 Å². The highest BCUT2D eigenvalue weighted by Crippen LogP contribution is 2.41. The monoisotopic (exact) mass is 620 g/mol. The Morgan fingerprint density at radius 2 is 1.73 bits per heavy atom. The third-order valence-electron chi connectivity index (χ3n) is 7.64. The summed E-state index contributed by atoms with van der Waals surface area (Å²) >= 11 is 0. The van der Waals surface area contributed by atoms with Crippen LogP contribution in [0.25, 0.3) is 5.65 Å². The Balaban J connectivity index is 1.37. The molecule has 11 nitrogen and oxygen atoms in total. The molecule has 0 spiro atoms. The van der Waals surface area contributed by atoms with Crippen LogP contribution in [0.4, 0.5) is 16.2 Å². The van der Waals surface area contributed by atoms with Crippen LogP contribution in [-0.4, -0.2) is 42.4 Å². The largest absolute Gasteiger partial charge is 0.492 e. The Kier molecular flexibility index (Phi) is 8.48. The zero-order valence-corrected chi connectivity index (χ0v) is 27.0. The zero-order valence-electron chi connectivity index (χ0n) is 26.1. The average molecular weight is 621 g/mol. The number of urea groups is 1. The van der Waals surface area contributed by atoms with Crippen LogP contribution in [-0.2, 0) is 15.4 Å². The molecule has 44 heavy (non-hydrogen) atoms. The predicted molar refractivity (Wildman–Crippen MR) is 171 cm³/mol. The lowest BCUT2D eigenvalue weighted by Gasteiger charge is -2.32. The second-order valence-electron chi connectivity index (χ2n) is 12.5. The summed E-state index contributed by atoms with van der Waals surface area (Å²) in [6.07, 6.45) is 4.14. The Bertz CT molecular complexity index is 1790. The third kappa shape index (κ3) is 6.75. The summed E-state index contributed by atoms with van der Waals surface area (Å²) in [5, 5.41) is 14.6. The number of ether oxygens (including phenoxy) is 2. The fourth-order valence-corrected chi connectivity index (χ4v) is 6.06. The maximum Gasteiger partial charge on any atom is 0.319 e. The molecule has 2 aromatic carbocycles. The van der Waals surface area contributed by atoms with Gasteiger partial charge >= 0.3 is 6.03 Å². The summed E-state index contributed by atoms with van der Waals surface area (Å²) in [7, 11) is -2.16. The predicted octanol–water partition coefficient (Wildman–Crippen LogP) is 6.31. The molecule has 3 N–H and O–H groups in total. The van der Waals surface area contributed by atoms with Crippen molar-refractivity contribution in [1.82, 2.24) is 19.9 Å². The fourth-order valence-electron chi connectivity index (χ4n) is 5.51. The van der Waals surface area contributed by atoms with Crippen molar-refractivity contribution in [2.24, 2.45) is 0 Å². The number of sulfonamides is 1. The van der Waals surface area contributed by atoms with Gasteiger partial charge < -0.3 is 20.1 Å². The molecule has 12 heteroatoms. The number of pyridine rings is 1. The topological polar surface area (TPSA) is 136 Å². The molecule has 2 aromatic heterocycles. The first-order valence-electron chi connectivity index (χ1n) is 14.6. The first-order valence-corrected chi connectivity index (χ1v) is 16.5. The molecule has 0 aliphatic heterocycles. The molecule has 0 fully saturated rings. The van der Waals surface area contributed by atoms with Crippen molar-refractivity contribution in [2.75, 3.05) is 23.4 Å². The number of hydrogen-bond donors (Lipinski definition) is 3. The second kappa shape index (κ2) is 12.0. The summed E-state index contributed by atoms with van der Waals surface area (Å²) in [5.74, 6) is 2.02. The second-order valence-corrected chi connectivity index (χ2v) is 14.2. The lowest BCUT2D eigenvalue weighted by atomic mass is 9.85. The van der Waals surface area contributed by atoms with Crippen LogP contribution >= 0.6 is 0 Å². The molecule has 0 radical (unpaired) electrons. The van der Waals surface area contributed by atoms with Gasteiger partial charge in [-0.2, -0.15) is 0 Å². The number of fused-ring (bicyclic) bond motifs is 2. The first-order chi connectivity index (χ1) is 20.7. The molecular weight excluding hydrogens is 580 g/mol. The van der Waals surface area contributed by atoms with E-state index in [1.54, 1.807) is 6.07 Å². The number of methoxy groups -OCH3 is 1. The molecule has 5 rings (SSSR count). The maximum atomic E-state index is 13.4. The van der Waals surface area contributed by atoms with Crippen LogP contribution in [0.3, 0.4) is 0 Å². The quantitative estimate of drug-likeness (QED) is 0.210. The van der Waals surface area contributed by atoms with Gasteiger partial charge in [-0.3, -0.25) is 9.12 Å². The Hall–Kier alpha value is -4.32. The average Bonchev–Trinajstić information content (AvgIpc) is 3.36. The number of carbonyl (C=O) groups is 1. The number of amides is 2. The third-order valence-corrected chi connectivity index (χ3v) is 8.23. The maximum absolute atomic E-state index is 13.4. The fraction of sp³-hybridized carbons (Fsp3) is 0.406. The molecule has 2 amide bonds. The van der Waals surface area contributed by atoms with Gasteiger partial charge in [-0.25, -0.2) is 13.2 Å². The minimum Gasteiger partial charge on any atom is -0.492 e. The number of benzene rings is 2. The van der Waals surface area contributed by atoms with Gasteiger partial charge in [0.25, 0.3) is 0 Å². The summed E-state index contributed by atoms with van der Waals surface area (Å²) in [6, 6.07) is 14.6. The van der Waals surface area contributed by atoms with E-state index in [1.165, 1.54) is 7.11 Å². The van der Waals surface area contributed by atoms with E-state index in [0.717, 1.165) is 34.4 Å². The number of nitrogens with one attached hydrogen (secondary N) is 3. The SMILES string of the molecule is COc1c(NC(=O)N[C@H]2CC[C@@H](Oc3ccc4nnc(C(C)C)n4c3)c3ccccc32)cc(C(C)(C)C)cc1NS(C)(=O)=O. The summed E-state index contributed by atoms with van der Waals surface area (Å²) in [4.78, 5) is 13.4. The minimum atomic E-state index is -3.59. The molecule has 1 aliphatic carbocycles. The van der Waals surface area contributed by atoms with Crippen LogP contribution in [0, 0.1) is 0 Å². The van der Waals surface area contributed by atoms with E-state index in [0.29, 0.717) is 24.3 Å². The molecule has 4 aromatic rings. The van der Waals surface area contributed by atoms with Gasteiger partial charge in [0.15, 0.2) is 11.4 Å². The van der Waals surface area contributed by atoms with Gasteiger partial charge in [0.1, 0.15) is 17.7 Å². The van der Waals surface area contributed by atoms with Crippen LogP contribution in [0.2, 0.25) is 0 Å². The van der Waals surface area contributed by atoms with E-state index in [-0.39, 0.29) is 34.9 Å². The van der Waals surface area contributed by atoms with Crippen molar-refractivity contribution >= 4 is 33.1 Å². The highest BCUT2D eigenvalue weighted by molar-refractivity contribution is 7.92. The number of carbonyl (C=O) groups excluding carboxylic acids is 1. The van der Waals surface area contributed by atoms with Crippen molar-refractivity contribution in [3.8, 4) is 11.5 Å². The minimum absolute atomic E-state index is 0.197. The van der Waals surface area contributed by atoms with Crippen LogP contribution in [0.15, 0.2) is 54.7 Å². The van der Waals surface area contributed by atoms with Gasteiger partial charge in [0.2, 0.25) is 10.0 Å². The van der Waals surface area contributed by atoms with Gasteiger partial charge in [-0.05, 0) is 59.2 Å². The van der Waals surface area contributed by atoms with Crippen molar-refractivity contribution in [3.63, 3.8) is 0 Å². The van der Waals surface area contributed by atoms with Gasteiger partial charge in [0, 0.05) is 5.92 Å². The van der Waals surface area contributed by atoms with E-state index in [2.05, 4.69) is 39.4 Å². The molecule has 1 aliphatic rings. The smallest absolute Gasteiger partial charge is 0.319 e. The number of aromatic nitrogens is 3. The molecule has 0 unspecified atom stereocenters. The van der Waals surface area contributed by atoms with E-state index < -0.39 is 16.1 Å². The number of rotatable bonds is 8. The summed E-state index contributed by atoms with van der Waals surface area (Å²) in [6.45, 7) is 10.2. The lowest BCUT2D eigenvalue weighted by molar-refractivity contribution is 0.171. The molecule has 0 bridgehead atoms. The Morgan fingerprint density at radius 1 is 1.02 bits per heavy atom. The highest BCUT2D eigenvalue weighted by atomic mass is 32.2. The van der Waals surface area contributed by atoms with Crippen molar-refractivity contribution in [1.29, 1.82) is 0 Å². The summed E-state index contributed by atoms with van der Waals surface area (Å²) < 4.78 is 40.7. The standard InChI is InChI=1S/C32H40N6O5S/c1-19(2)30-36-35-28-15-12-21(18-38(28)30)43-27-14-13-24(22-10-8-9-11-23(22)27)33-31(39)34-25-16-20(32(3,4)5)17-26(29(25)42-6)37-44(7,40)41/h8-12,15-19,24,27,37H,13-14H2,1-7H3,(H2,33,34,39)/t24-,27+/m0/s1. The van der Waals surface area contributed by atoms with Crippen LogP contribution in [0.5, 0.6) is 11.5 Å². The summed E-state index contributed by atoms with van der Waals surface area (Å²) in [5.41, 5.74) is 3.87. The zero-order chi connectivity index (χ0) is 31.8. The molecule has 234 valence electrons. The number of nitrogens with zero attached hydrogens (tertiary/aromatic N) is 3. The van der Waals surface area contributed by atoms with Gasteiger partial charge in [-0.15, -0.1) is 10.2 Å². The van der Waals surface area contributed by atoms with Crippen molar-refractivity contribution < 1.29 is 22.7 Å². The van der Waals surface area contributed by atoms with E-state index in [4.69, 9.17) is 9.47 Å². The lowest BCUT2D eigenvalue weighted by Crippen LogP contribution is -2.35. The van der Waals surface area contributed by atoms with Crippen LogP contribution < -0.4 is 24.8 Å². The Morgan fingerprint density at radius 3 is 2.39 bits per heavy atom. The molecule has 2 atom stereocenters. The van der Waals surface area contributed by atoms with Crippen molar-refractivity contribution in [3.05, 3.63) is 77.2 Å². The number of anilines is 2. The molecule has 0 saturated carbocycles. The van der Waals surface area contributed by atoms with Crippen molar-refractivity contribution in [2.45, 2.75) is 70.9 Å². The normalized spacial score (nSPS) is 16.8. The molecule has 0 saturated heterocycles. The molecular formula is C32H40N6O5S. The number of hydrogen-bond acceptors (Lipinski definition) is 7. The van der Waals surface area contributed by atoms with E-state index in [1.807, 2.05) is 73.8 Å². The van der Waals surface area contributed by atoms with Gasteiger partial charge in [-0.1, -0.05) is 58.9 Å². The van der Waals surface area contributed by atoms with E-state index >= 15 is 0 Å². The Labute approximate surface area is 258 Å².